The highest BCUT2D eigenvalue weighted by Crippen LogP contribution is 2.35. The molecule has 2 aromatic heterocycles. The molecule has 6 rings (SSSR count). The summed E-state index contributed by atoms with van der Waals surface area (Å²) in [5, 5.41) is 8.60. The van der Waals surface area contributed by atoms with Gasteiger partial charge in [-0.1, -0.05) is 47.2 Å². The standard InChI is InChI=1S/C28H24ClN5O3S2/c1-17-9-14-22(29)26-25(17)31-28(38-26)34-24(16-18(2)32-34)30-27(35)20-10-12-21(13-11-20)39(36,37)33-15-5-7-19-6-3-4-8-23(19)33/h3-4,6,8-14,16H,5,7,15H2,1-2H3,(H,30,35). The van der Waals surface area contributed by atoms with Gasteiger partial charge in [0.05, 0.1) is 31.5 Å². The Morgan fingerprint density at radius 2 is 1.82 bits per heavy atom. The summed E-state index contributed by atoms with van der Waals surface area (Å²) in [7, 11) is -3.77. The van der Waals surface area contributed by atoms with E-state index in [1.54, 1.807) is 10.7 Å². The molecule has 0 aliphatic carbocycles. The van der Waals surface area contributed by atoms with Gasteiger partial charge in [0.15, 0.2) is 0 Å². The van der Waals surface area contributed by atoms with Crippen LogP contribution in [0.1, 0.15) is 33.6 Å². The van der Waals surface area contributed by atoms with E-state index in [0.717, 1.165) is 34.2 Å². The van der Waals surface area contributed by atoms with Crippen LogP contribution in [0.3, 0.4) is 0 Å². The zero-order valence-corrected chi connectivity index (χ0v) is 23.6. The molecule has 0 radical (unpaired) electrons. The van der Waals surface area contributed by atoms with Crippen molar-refractivity contribution >= 4 is 60.6 Å². The molecule has 1 amide bonds. The highest BCUT2D eigenvalue weighted by atomic mass is 35.5. The third-order valence-electron chi connectivity index (χ3n) is 6.71. The Morgan fingerprint density at radius 3 is 2.59 bits per heavy atom. The number of benzene rings is 3. The zero-order chi connectivity index (χ0) is 27.3. The molecule has 39 heavy (non-hydrogen) atoms. The van der Waals surface area contributed by atoms with Crippen molar-refractivity contribution < 1.29 is 13.2 Å². The number of hydrogen-bond acceptors (Lipinski definition) is 6. The summed E-state index contributed by atoms with van der Waals surface area (Å²) in [6, 6.07) is 19.1. The molecule has 0 bridgehead atoms. The number of nitrogens with zero attached hydrogens (tertiary/aromatic N) is 4. The smallest absolute Gasteiger partial charge is 0.264 e. The van der Waals surface area contributed by atoms with Crippen LogP contribution in [0, 0.1) is 13.8 Å². The van der Waals surface area contributed by atoms with Crippen molar-refractivity contribution in [2.24, 2.45) is 0 Å². The molecule has 0 saturated carbocycles. The van der Waals surface area contributed by atoms with E-state index in [2.05, 4.69) is 10.4 Å². The van der Waals surface area contributed by atoms with Gasteiger partial charge in [0, 0.05) is 18.2 Å². The first-order valence-corrected chi connectivity index (χ1v) is 15.0. The van der Waals surface area contributed by atoms with Gasteiger partial charge in [0.25, 0.3) is 15.9 Å². The summed E-state index contributed by atoms with van der Waals surface area (Å²) in [6.45, 7) is 4.21. The molecule has 11 heteroatoms. The molecular formula is C28H24ClN5O3S2. The molecule has 1 aliphatic heterocycles. The van der Waals surface area contributed by atoms with Gasteiger partial charge in [-0.05, 0) is 74.2 Å². The number of sulfonamides is 1. The second-order valence-electron chi connectivity index (χ2n) is 9.41. The maximum atomic E-state index is 13.4. The number of halogens is 1. The Morgan fingerprint density at radius 1 is 1.05 bits per heavy atom. The largest absolute Gasteiger partial charge is 0.306 e. The number of rotatable bonds is 5. The van der Waals surface area contributed by atoms with Crippen molar-refractivity contribution in [3.63, 3.8) is 0 Å². The second kappa shape index (κ2) is 9.78. The minimum Gasteiger partial charge on any atom is -0.306 e. The Labute approximate surface area is 234 Å². The average Bonchev–Trinajstić information content (AvgIpc) is 3.55. The summed E-state index contributed by atoms with van der Waals surface area (Å²) in [5.41, 5.74) is 4.54. The fourth-order valence-electron chi connectivity index (χ4n) is 4.76. The van der Waals surface area contributed by atoms with Gasteiger partial charge in [-0.25, -0.2) is 13.4 Å². The van der Waals surface area contributed by atoms with Gasteiger partial charge in [0.2, 0.25) is 5.13 Å². The Kier molecular flexibility index (Phi) is 6.41. The van der Waals surface area contributed by atoms with Crippen LogP contribution in [-0.4, -0.2) is 35.6 Å². The fourth-order valence-corrected chi connectivity index (χ4v) is 7.58. The number of para-hydroxylation sites is 1. The minimum atomic E-state index is -3.77. The maximum absolute atomic E-state index is 13.4. The number of amides is 1. The summed E-state index contributed by atoms with van der Waals surface area (Å²) in [5.74, 6) is 0.0608. The maximum Gasteiger partial charge on any atom is 0.264 e. The first-order chi connectivity index (χ1) is 18.7. The van der Waals surface area contributed by atoms with Crippen molar-refractivity contribution in [3.05, 3.63) is 94.1 Å². The first-order valence-electron chi connectivity index (χ1n) is 12.4. The Bertz CT molecular complexity index is 1810. The molecule has 0 unspecified atom stereocenters. The van der Waals surface area contributed by atoms with Gasteiger partial charge in [-0.3, -0.25) is 9.10 Å². The monoisotopic (exact) mass is 577 g/mol. The lowest BCUT2D eigenvalue weighted by Gasteiger charge is -2.30. The van der Waals surface area contributed by atoms with Crippen LogP contribution >= 0.6 is 22.9 Å². The van der Waals surface area contributed by atoms with Crippen molar-refractivity contribution in [1.82, 2.24) is 14.8 Å². The van der Waals surface area contributed by atoms with Crippen molar-refractivity contribution in [2.75, 3.05) is 16.2 Å². The number of nitrogens with one attached hydrogen (secondary N) is 1. The topological polar surface area (TPSA) is 97.2 Å². The number of carbonyl (C=O) groups is 1. The van der Waals surface area contributed by atoms with Crippen LogP contribution in [0.25, 0.3) is 15.3 Å². The van der Waals surface area contributed by atoms with Crippen molar-refractivity contribution in [2.45, 2.75) is 31.6 Å². The van der Waals surface area contributed by atoms with Crippen molar-refractivity contribution in [1.29, 1.82) is 0 Å². The van der Waals surface area contributed by atoms with Crippen molar-refractivity contribution in [3.8, 4) is 5.13 Å². The molecule has 1 N–H and O–H groups in total. The summed E-state index contributed by atoms with van der Waals surface area (Å²) >= 11 is 7.77. The summed E-state index contributed by atoms with van der Waals surface area (Å²) in [6.07, 6.45) is 1.60. The quantitative estimate of drug-likeness (QED) is 0.270. The van der Waals surface area contributed by atoms with E-state index in [1.165, 1.54) is 39.9 Å². The predicted octanol–water partition coefficient (Wildman–Crippen LogP) is 6.15. The van der Waals surface area contributed by atoms with Gasteiger partial charge in [-0.15, -0.1) is 0 Å². The average molecular weight is 578 g/mol. The van der Waals surface area contributed by atoms with Crippen LogP contribution in [0.5, 0.6) is 0 Å². The molecule has 0 spiro atoms. The third-order valence-corrected chi connectivity index (χ3v) is 10.0. The summed E-state index contributed by atoms with van der Waals surface area (Å²) < 4.78 is 30.8. The van der Waals surface area contributed by atoms with E-state index >= 15 is 0 Å². The highest BCUT2D eigenvalue weighted by Gasteiger charge is 2.29. The van der Waals surface area contributed by atoms with E-state index in [0.29, 0.717) is 39.5 Å². The lowest BCUT2D eigenvalue weighted by atomic mass is 10.0. The SMILES string of the molecule is Cc1cc(NC(=O)c2ccc(S(=O)(=O)N3CCCc4ccccc43)cc2)n(-c2nc3c(C)ccc(Cl)c3s2)n1. The molecule has 3 aromatic carbocycles. The fraction of sp³-hybridized carbons (Fsp3) is 0.179. The molecule has 1 aliphatic rings. The molecule has 0 fully saturated rings. The third kappa shape index (κ3) is 4.58. The molecule has 0 atom stereocenters. The van der Waals surface area contributed by atoms with E-state index in [-0.39, 0.29) is 4.90 Å². The predicted molar refractivity (Wildman–Crippen MR) is 155 cm³/mol. The van der Waals surface area contributed by atoms with Crippen LogP contribution in [0.15, 0.2) is 71.6 Å². The molecular weight excluding hydrogens is 554 g/mol. The zero-order valence-electron chi connectivity index (χ0n) is 21.2. The first kappa shape index (κ1) is 25.5. The van der Waals surface area contributed by atoms with E-state index < -0.39 is 15.9 Å². The molecule has 8 nitrogen and oxygen atoms in total. The van der Waals surface area contributed by atoms with Gasteiger partial charge >= 0.3 is 0 Å². The number of anilines is 2. The Balaban J connectivity index is 1.26. The molecule has 5 aromatic rings. The minimum absolute atomic E-state index is 0.137. The summed E-state index contributed by atoms with van der Waals surface area (Å²) in [4.78, 5) is 18.0. The normalized spacial score (nSPS) is 13.5. The molecule has 0 saturated heterocycles. The lowest BCUT2D eigenvalue weighted by Crippen LogP contribution is -2.35. The molecule has 198 valence electrons. The second-order valence-corrected chi connectivity index (χ2v) is 12.7. The van der Waals surface area contributed by atoms with Gasteiger partial charge in [0.1, 0.15) is 5.82 Å². The number of fused-ring (bicyclic) bond motifs is 2. The van der Waals surface area contributed by atoms with Crippen LogP contribution < -0.4 is 9.62 Å². The van der Waals surface area contributed by atoms with Crippen LogP contribution in [-0.2, 0) is 16.4 Å². The number of aromatic nitrogens is 3. The number of aryl methyl sites for hydroxylation is 3. The molecule has 3 heterocycles. The number of hydrogen-bond donors (Lipinski definition) is 1. The van der Waals surface area contributed by atoms with E-state index in [9.17, 15) is 13.2 Å². The van der Waals surface area contributed by atoms with Crippen LogP contribution in [0.2, 0.25) is 5.02 Å². The van der Waals surface area contributed by atoms with Gasteiger partial charge < -0.3 is 5.32 Å². The van der Waals surface area contributed by atoms with Gasteiger partial charge in [-0.2, -0.15) is 9.78 Å². The van der Waals surface area contributed by atoms with E-state index in [4.69, 9.17) is 16.6 Å². The number of thiazole rings is 1. The lowest BCUT2D eigenvalue weighted by molar-refractivity contribution is 0.102. The van der Waals surface area contributed by atoms with Crippen LogP contribution in [0.4, 0.5) is 11.5 Å². The number of carbonyl (C=O) groups excluding carboxylic acids is 1. The van der Waals surface area contributed by atoms with E-state index in [1.807, 2.05) is 50.2 Å². The Hall–Kier alpha value is -3.73. The highest BCUT2D eigenvalue weighted by molar-refractivity contribution is 7.92.